The molecule has 1 fully saturated rings. The number of carbonyl (C=O) groups is 1. The second-order valence-corrected chi connectivity index (χ2v) is 9.34. The van der Waals surface area contributed by atoms with Crippen LogP contribution in [0.15, 0.2) is 14.1 Å². The number of sulfonamides is 1. The predicted octanol–water partition coefficient (Wildman–Crippen LogP) is 2.27. The Bertz CT molecular complexity index is 628. The van der Waals surface area contributed by atoms with Gasteiger partial charge in [0.05, 0.1) is 34.0 Å². The van der Waals surface area contributed by atoms with Crippen LogP contribution >= 0.6 is 38.9 Å². The molecule has 0 aliphatic carbocycles. The van der Waals surface area contributed by atoms with E-state index in [1.807, 2.05) is 0 Å². The van der Waals surface area contributed by atoms with Crippen molar-refractivity contribution >= 4 is 54.9 Å². The predicted molar refractivity (Wildman–Crippen MR) is 82.3 cm³/mol. The first-order valence-electron chi connectivity index (χ1n) is 6.06. The highest BCUT2D eigenvalue weighted by atomic mass is 79.9. The molecule has 1 aliphatic heterocycles. The molecule has 0 radical (unpaired) electrons. The fraction of sp³-hybridized carbons (Fsp3) is 0.545. The number of thiophene rings is 1. The minimum absolute atomic E-state index is 0.0148. The fourth-order valence-electron chi connectivity index (χ4n) is 2.21. The van der Waals surface area contributed by atoms with E-state index in [-0.39, 0.29) is 24.0 Å². The zero-order chi connectivity index (χ0) is 15.8. The van der Waals surface area contributed by atoms with Crippen molar-refractivity contribution in [3.8, 4) is 0 Å². The number of aliphatic carboxylic acids is 1. The van der Waals surface area contributed by atoms with E-state index in [0.29, 0.717) is 8.81 Å². The summed E-state index contributed by atoms with van der Waals surface area (Å²) >= 11 is 10.1. The fourth-order valence-corrected chi connectivity index (χ4v) is 6.40. The monoisotopic (exact) mass is 417 g/mol. The van der Waals surface area contributed by atoms with E-state index in [1.165, 1.54) is 10.4 Å². The van der Waals surface area contributed by atoms with Crippen molar-refractivity contribution in [1.29, 1.82) is 0 Å². The van der Waals surface area contributed by atoms with E-state index in [0.717, 1.165) is 11.3 Å². The Morgan fingerprint density at radius 3 is 2.76 bits per heavy atom. The number of rotatable bonds is 5. The Balaban J connectivity index is 2.38. The molecule has 21 heavy (non-hydrogen) atoms. The number of likely N-dealkylation sites (N-methyl/N-ethyl adjacent to an activating group) is 1. The topological polar surface area (TPSA) is 83.9 Å². The minimum atomic E-state index is -3.81. The van der Waals surface area contributed by atoms with Crippen molar-refractivity contribution in [3.05, 3.63) is 14.9 Å². The minimum Gasteiger partial charge on any atom is -0.481 e. The number of hydrogen-bond donors (Lipinski definition) is 1. The van der Waals surface area contributed by atoms with Gasteiger partial charge in [0.15, 0.2) is 0 Å². The molecule has 1 N–H and O–H groups in total. The van der Waals surface area contributed by atoms with Crippen molar-refractivity contribution in [2.45, 2.75) is 17.2 Å². The zero-order valence-electron chi connectivity index (χ0n) is 11.0. The number of ether oxygens (including phenoxy) is 1. The van der Waals surface area contributed by atoms with Gasteiger partial charge in [-0.3, -0.25) is 4.79 Å². The summed E-state index contributed by atoms with van der Waals surface area (Å²) in [5, 5.41) is 9.50. The van der Waals surface area contributed by atoms with E-state index < -0.39 is 28.0 Å². The lowest BCUT2D eigenvalue weighted by Crippen LogP contribution is -2.46. The lowest BCUT2D eigenvalue weighted by molar-refractivity contribution is -0.142. The standard InChI is InChI=1S/C11H13BrClNO5S2/c1-2-14(8-5-19-4-6(8)11(15)16)21(17,18)9-3-7(13)10(12)20-9/h3,6,8H,2,4-5H2,1H3,(H,15,16). The second kappa shape index (κ2) is 6.51. The van der Waals surface area contributed by atoms with Gasteiger partial charge >= 0.3 is 5.97 Å². The summed E-state index contributed by atoms with van der Waals surface area (Å²) < 4.78 is 32.3. The molecule has 118 valence electrons. The van der Waals surface area contributed by atoms with Gasteiger partial charge in [0.1, 0.15) is 4.21 Å². The summed E-state index contributed by atoms with van der Waals surface area (Å²) in [6.45, 7) is 1.91. The van der Waals surface area contributed by atoms with Crippen LogP contribution in [0, 0.1) is 5.92 Å². The van der Waals surface area contributed by atoms with Crippen LogP contribution in [-0.2, 0) is 19.6 Å². The second-order valence-electron chi connectivity index (χ2n) is 4.44. The molecular weight excluding hydrogens is 406 g/mol. The maximum absolute atomic E-state index is 12.7. The first-order chi connectivity index (χ1) is 9.78. The maximum atomic E-state index is 12.7. The Morgan fingerprint density at radius 2 is 2.29 bits per heavy atom. The van der Waals surface area contributed by atoms with Gasteiger partial charge in [-0.25, -0.2) is 8.42 Å². The number of nitrogens with zero attached hydrogens (tertiary/aromatic N) is 1. The lowest BCUT2D eigenvalue weighted by Gasteiger charge is -2.27. The summed E-state index contributed by atoms with van der Waals surface area (Å²) in [6, 6.07) is 0.650. The third-order valence-corrected chi connectivity index (χ3v) is 8.16. The van der Waals surface area contributed by atoms with Crippen LogP contribution in [0.1, 0.15) is 6.92 Å². The molecule has 0 bridgehead atoms. The first-order valence-corrected chi connectivity index (χ1v) is 9.49. The summed E-state index contributed by atoms with van der Waals surface area (Å²) in [7, 11) is -3.81. The summed E-state index contributed by atoms with van der Waals surface area (Å²) in [5.41, 5.74) is 0. The molecule has 2 atom stereocenters. The highest BCUT2D eigenvalue weighted by molar-refractivity contribution is 9.11. The van der Waals surface area contributed by atoms with Crippen LogP contribution in [0.2, 0.25) is 5.02 Å². The van der Waals surface area contributed by atoms with Gasteiger partial charge in [-0.2, -0.15) is 4.31 Å². The van der Waals surface area contributed by atoms with Crippen LogP contribution in [0.4, 0.5) is 0 Å². The SMILES string of the molecule is CCN(C1COCC1C(=O)O)S(=O)(=O)c1cc(Cl)c(Br)s1. The Kier molecular flexibility index (Phi) is 5.32. The van der Waals surface area contributed by atoms with Crippen molar-refractivity contribution in [2.75, 3.05) is 19.8 Å². The van der Waals surface area contributed by atoms with E-state index in [9.17, 15) is 18.3 Å². The number of hydrogen-bond acceptors (Lipinski definition) is 5. The van der Waals surface area contributed by atoms with Crippen molar-refractivity contribution in [2.24, 2.45) is 5.92 Å². The molecule has 6 nitrogen and oxygen atoms in total. The molecule has 2 rings (SSSR count). The smallest absolute Gasteiger partial charge is 0.310 e. The molecule has 0 saturated carbocycles. The quantitative estimate of drug-likeness (QED) is 0.793. The summed E-state index contributed by atoms with van der Waals surface area (Å²) in [4.78, 5) is 11.2. The lowest BCUT2D eigenvalue weighted by atomic mass is 10.0. The highest BCUT2D eigenvalue weighted by Gasteiger charge is 2.43. The van der Waals surface area contributed by atoms with Gasteiger partial charge < -0.3 is 9.84 Å². The Morgan fingerprint density at radius 1 is 1.62 bits per heavy atom. The van der Waals surface area contributed by atoms with Crippen LogP contribution in [0.5, 0.6) is 0 Å². The normalized spacial score (nSPS) is 22.9. The molecule has 2 heterocycles. The van der Waals surface area contributed by atoms with E-state index in [2.05, 4.69) is 15.9 Å². The van der Waals surface area contributed by atoms with Crippen molar-refractivity contribution in [3.63, 3.8) is 0 Å². The molecule has 10 heteroatoms. The number of carboxylic acid groups (broad SMARTS) is 1. The molecule has 1 aromatic heterocycles. The molecule has 0 spiro atoms. The molecule has 0 amide bonds. The van der Waals surface area contributed by atoms with Crippen LogP contribution in [0.3, 0.4) is 0 Å². The number of halogens is 2. The zero-order valence-corrected chi connectivity index (χ0v) is 14.9. The third-order valence-electron chi connectivity index (χ3n) is 3.23. The summed E-state index contributed by atoms with van der Waals surface area (Å²) in [5.74, 6) is -1.92. The maximum Gasteiger partial charge on any atom is 0.310 e. The number of carboxylic acids is 1. The average molecular weight is 419 g/mol. The van der Waals surface area contributed by atoms with Gasteiger partial charge in [-0.15, -0.1) is 11.3 Å². The van der Waals surface area contributed by atoms with Gasteiger partial charge in [0, 0.05) is 6.54 Å². The Labute approximate surface area is 139 Å². The highest BCUT2D eigenvalue weighted by Crippen LogP contribution is 2.37. The first kappa shape index (κ1) is 17.2. The van der Waals surface area contributed by atoms with Crippen molar-refractivity contribution in [1.82, 2.24) is 4.31 Å². The molecule has 0 aromatic carbocycles. The van der Waals surface area contributed by atoms with Crippen molar-refractivity contribution < 1.29 is 23.1 Å². The van der Waals surface area contributed by atoms with Crippen LogP contribution < -0.4 is 0 Å². The van der Waals surface area contributed by atoms with Gasteiger partial charge in [-0.1, -0.05) is 18.5 Å². The van der Waals surface area contributed by atoms with Gasteiger partial charge in [-0.05, 0) is 22.0 Å². The van der Waals surface area contributed by atoms with Crippen LogP contribution in [-0.4, -0.2) is 49.6 Å². The molecular formula is C11H13BrClNO5S2. The van der Waals surface area contributed by atoms with E-state index in [4.69, 9.17) is 16.3 Å². The van der Waals surface area contributed by atoms with Crippen LogP contribution in [0.25, 0.3) is 0 Å². The molecule has 1 saturated heterocycles. The van der Waals surface area contributed by atoms with Gasteiger partial charge in [0.2, 0.25) is 0 Å². The van der Waals surface area contributed by atoms with E-state index >= 15 is 0 Å². The summed E-state index contributed by atoms with van der Waals surface area (Å²) in [6.07, 6.45) is 0. The Hall–Kier alpha value is -0.190. The average Bonchev–Trinajstić information content (AvgIpc) is 2.99. The largest absolute Gasteiger partial charge is 0.481 e. The van der Waals surface area contributed by atoms with E-state index in [1.54, 1.807) is 6.92 Å². The van der Waals surface area contributed by atoms with Gasteiger partial charge in [0.25, 0.3) is 10.0 Å². The third kappa shape index (κ3) is 3.27. The molecule has 1 aromatic rings. The molecule has 1 aliphatic rings. The molecule has 2 unspecified atom stereocenters.